The van der Waals surface area contributed by atoms with Gasteiger partial charge in [0.05, 0.1) is 44.4 Å². The molecule has 0 aliphatic carbocycles. The lowest BCUT2D eigenvalue weighted by molar-refractivity contribution is -0.139. The molecule has 17 nitrogen and oxygen atoms in total. The average molecular weight is 922 g/mol. The molecule has 4 aromatic rings. The largest absolute Gasteiger partial charge is 0.446 e. The molecule has 0 radical (unpaired) electrons. The van der Waals surface area contributed by atoms with E-state index in [2.05, 4.69) is 56.7 Å². The summed E-state index contributed by atoms with van der Waals surface area (Å²) in [5, 5.41) is 5.50. The van der Waals surface area contributed by atoms with Crippen molar-refractivity contribution in [2.45, 2.75) is 103 Å². The summed E-state index contributed by atoms with van der Waals surface area (Å²) in [5.41, 5.74) is 3.73. The number of hydrogen-bond donors (Lipinski definition) is 2. The van der Waals surface area contributed by atoms with E-state index in [1.807, 2.05) is 56.1 Å². The van der Waals surface area contributed by atoms with Gasteiger partial charge >= 0.3 is 12.2 Å². The molecule has 0 unspecified atom stereocenters. The Morgan fingerprint density at radius 2 is 1.28 bits per heavy atom. The van der Waals surface area contributed by atoms with Crippen molar-refractivity contribution in [3.63, 3.8) is 0 Å². The molecule has 4 aliphatic rings. The van der Waals surface area contributed by atoms with Crippen LogP contribution >= 0.6 is 0 Å². The molecule has 17 heteroatoms. The van der Waals surface area contributed by atoms with Crippen LogP contribution in [0.3, 0.4) is 0 Å². The number of carbonyl (C=O) groups is 4. The van der Waals surface area contributed by atoms with Crippen molar-refractivity contribution in [3.8, 4) is 22.4 Å². The van der Waals surface area contributed by atoms with E-state index >= 15 is 0 Å². The Balaban J connectivity index is 0.845. The van der Waals surface area contributed by atoms with Crippen LogP contribution in [-0.2, 0) is 28.5 Å². The molecule has 2 aromatic carbocycles. The summed E-state index contributed by atoms with van der Waals surface area (Å²) in [4.78, 5) is 78.3. The molecule has 67 heavy (non-hydrogen) atoms. The number of nitrogens with zero attached hydrogens (tertiary/aromatic N) is 7. The third-order valence-corrected chi connectivity index (χ3v) is 13.8. The Hall–Kier alpha value is -5.81. The van der Waals surface area contributed by atoms with E-state index in [-0.39, 0.29) is 47.8 Å². The summed E-state index contributed by atoms with van der Waals surface area (Å²) in [7, 11) is 3.31. The highest BCUT2D eigenvalue weighted by molar-refractivity contribution is 5.91. The van der Waals surface area contributed by atoms with Crippen LogP contribution in [0.5, 0.6) is 0 Å². The Morgan fingerprint density at radius 3 is 1.88 bits per heavy atom. The first-order valence-electron chi connectivity index (χ1n) is 24.1. The number of nitrogens with one attached hydrogen (secondary N) is 2. The predicted molar refractivity (Wildman–Crippen MR) is 253 cm³/mol. The zero-order chi connectivity index (χ0) is 47.2. The summed E-state index contributed by atoms with van der Waals surface area (Å²) in [6, 6.07) is 11.1. The second-order valence-electron chi connectivity index (χ2n) is 19.3. The monoisotopic (exact) mass is 922 g/mol. The molecule has 0 spiro atoms. The van der Waals surface area contributed by atoms with Gasteiger partial charge in [0.15, 0.2) is 0 Å². The quantitative estimate of drug-likeness (QED) is 0.130. The van der Waals surface area contributed by atoms with Gasteiger partial charge < -0.3 is 39.0 Å². The molecule has 2 N–H and O–H groups in total. The summed E-state index contributed by atoms with van der Waals surface area (Å²) in [6.07, 6.45) is 9.25. The maximum atomic E-state index is 14.2. The SMILES string of the molecule is CC(C)[C@@H](C(=O)N1CCC[C@H]1c1ncc(-c2ccc3cc(-c4cnc(NC[C@H]5CCN(C(=O)[C@@H](C(C)C)N(C)C(=O)OC6CCOCC6)C5)nc4)ccc3c2)[nH]1)N(C)C(=O)OC1CCOCC1. The van der Waals surface area contributed by atoms with Crippen LogP contribution in [0.1, 0.15) is 84.5 Å². The topological polar surface area (TPSA) is 185 Å². The number of fused-ring (bicyclic) bond motifs is 1. The van der Waals surface area contributed by atoms with Crippen LogP contribution in [0, 0.1) is 17.8 Å². The molecule has 4 atom stereocenters. The van der Waals surface area contributed by atoms with Crippen molar-refractivity contribution in [1.29, 1.82) is 0 Å². The highest BCUT2D eigenvalue weighted by atomic mass is 16.6. The number of likely N-dealkylation sites (tertiary alicyclic amines) is 2. The highest BCUT2D eigenvalue weighted by Gasteiger charge is 2.41. The maximum absolute atomic E-state index is 14.2. The van der Waals surface area contributed by atoms with Crippen LogP contribution in [0.25, 0.3) is 33.2 Å². The molecular formula is C50H67N9O8. The fourth-order valence-corrected chi connectivity index (χ4v) is 9.98. The van der Waals surface area contributed by atoms with E-state index in [1.54, 1.807) is 14.1 Å². The lowest BCUT2D eigenvalue weighted by Gasteiger charge is -2.35. The number of imidazole rings is 1. The lowest BCUT2D eigenvalue weighted by atomic mass is 10.0. The number of hydrogen-bond acceptors (Lipinski definition) is 12. The van der Waals surface area contributed by atoms with Gasteiger partial charge in [-0.25, -0.2) is 24.5 Å². The Bertz CT molecular complexity index is 2340. The van der Waals surface area contributed by atoms with Crippen molar-refractivity contribution in [2.24, 2.45) is 17.8 Å². The third-order valence-electron chi connectivity index (χ3n) is 13.8. The summed E-state index contributed by atoms with van der Waals surface area (Å²) in [6.45, 7) is 12.5. The van der Waals surface area contributed by atoms with Crippen molar-refractivity contribution in [1.82, 2.24) is 39.5 Å². The Morgan fingerprint density at radius 1 is 0.716 bits per heavy atom. The van der Waals surface area contributed by atoms with Gasteiger partial charge in [0.1, 0.15) is 30.1 Å². The third kappa shape index (κ3) is 11.2. The van der Waals surface area contributed by atoms with Crippen LogP contribution in [0.2, 0.25) is 0 Å². The van der Waals surface area contributed by atoms with Crippen molar-refractivity contribution < 1.29 is 38.1 Å². The summed E-state index contributed by atoms with van der Waals surface area (Å²) in [5.74, 6) is 1.13. The van der Waals surface area contributed by atoms with E-state index in [1.165, 1.54) is 9.80 Å². The van der Waals surface area contributed by atoms with Crippen LogP contribution in [-0.4, -0.2) is 155 Å². The first kappa shape index (κ1) is 47.7. The molecule has 8 rings (SSSR count). The fraction of sp³-hybridized carbons (Fsp3) is 0.580. The number of H-pyrrole nitrogens is 1. The van der Waals surface area contributed by atoms with E-state index in [0.29, 0.717) is 84.2 Å². The van der Waals surface area contributed by atoms with Crippen LogP contribution in [0.15, 0.2) is 55.0 Å². The molecule has 360 valence electrons. The lowest BCUT2D eigenvalue weighted by Crippen LogP contribution is -2.52. The van der Waals surface area contributed by atoms with E-state index in [0.717, 1.165) is 58.2 Å². The first-order chi connectivity index (χ1) is 32.3. The standard InChI is InChI=1S/C50H67N9O8/c1-31(2)43(56(5)49(62)66-39-14-20-64-21-15-39)46(60)58-19-13-33(30-58)26-52-48-53-27-38(28-54-48)36-10-9-35-25-37(12-11-34(35)24-36)41-29-51-45(55-41)42-8-7-18-59(42)47(61)44(32(3)4)57(6)50(63)67-40-16-22-65-23-17-40/h9-12,24-25,27-29,31-33,39-40,42-44H,7-8,13-23,26,30H2,1-6H3,(H,51,55)(H,52,53,54)/t33-,42+,43-,44+/m1/s1. The number of aromatic nitrogens is 4. The number of aromatic amines is 1. The number of ether oxygens (including phenoxy) is 4. The normalized spacial score (nSPS) is 20.3. The minimum atomic E-state index is -0.664. The molecule has 4 aliphatic heterocycles. The smallest absolute Gasteiger partial charge is 0.410 e. The molecule has 2 aromatic heterocycles. The number of amides is 4. The second kappa shape index (κ2) is 21.4. The molecule has 0 saturated carbocycles. The van der Waals surface area contributed by atoms with Gasteiger partial charge in [0.2, 0.25) is 17.8 Å². The van der Waals surface area contributed by atoms with E-state index in [9.17, 15) is 19.2 Å². The number of anilines is 1. The van der Waals surface area contributed by atoms with Gasteiger partial charge in [-0.3, -0.25) is 19.4 Å². The minimum Gasteiger partial charge on any atom is -0.446 e. The van der Waals surface area contributed by atoms with Crippen LogP contribution in [0.4, 0.5) is 15.5 Å². The maximum Gasteiger partial charge on any atom is 0.410 e. The number of likely N-dealkylation sites (N-methyl/N-ethyl adjacent to an activating group) is 2. The number of rotatable bonds is 14. The average Bonchev–Trinajstić information content (AvgIpc) is 4.14. The Labute approximate surface area is 393 Å². The van der Waals surface area contributed by atoms with Crippen molar-refractivity contribution >= 4 is 40.7 Å². The summed E-state index contributed by atoms with van der Waals surface area (Å²) >= 11 is 0. The van der Waals surface area contributed by atoms with Gasteiger partial charge in [0.25, 0.3) is 0 Å². The fourth-order valence-electron chi connectivity index (χ4n) is 9.98. The highest BCUT2D eigenvalue weighted by Crippen LogP contribution is 2.35. The van der Waals surface area contributed by atoms with Gasteiger partial charge in [-0.15, -0.1) is 0 Å². The summed E-state index contributed by atoms with van der Waals surface area (Å²) < 4.78 is 22.3. The van der Waals surface area contributed by atoms with E-state index < -0.39 is 24.3 Å². The molecule has 4 saturated heterocycles. The van der Waals surface area contributed by atoms with E-state index in [4.69, 9.17) is 23.9 Å². The van der Waals surface area contributed by atoms with Crippen LogP contribution < -0.4 is 5.32 Å². The zero-order valence-corrected chi connectivity index (χ0v) is 39.8. The van der Waals surface area contributed by atoms with Gasteiger partial charge in [-0.1, -0.05) is 52.0 Å². The second-order valence-corrected chi connectivity index (χ2v) is 19.3. The molecule has 6 heterocycles. The molecule has 4 fully saturated rings. The Kier molecular flexibility index (Phi) is 15.3. The van der Waals surface area contributed by atoms with Gasteiger partial charge in [-0.2, -0.15) is 0 Å². The molecule has 0 bridgehead atoms. The predicted octanol–water partition coefficient (Wildman–Crippen LogP) is 7.15. The number of benzene rings is 2. The van der Waals surface area contributed by atoms with Gasteiger partial charge in [-0.05, 0) is 65.5 Å². The molecular weight excluding hydrogens is 855 g/mol. The number of carbonyl (C=O) groups excluding carboxylic acids is 4. The minimum absolute atomic E-state index is 0.0551. The van der Waals surface area contributed by atoms with Crippen molar-refractivity contribution in [2.75, 3.05) is 72.0 Å². The molecule has 4 amide bonds. The van der Waals surface area contributed by atoms with Gasteiger partial charge in [0, 0.05) is 89.5 Å². The van der Waals surface area contributed by atoms with Crippen molar-refractivity contribution in [3.05, 3.63) is 60.8 Å². The zero-order valence-electron chi connectivity index (χ0n) is 39.8. The first-order valence-corrected chi connectivity index (χ1v) is 24.1.